The molecule has 1 saturated heterocycles. The van der Waals surface area contributed by atoms with Gasteiger partial charge in [0.15, 0.2) is 0 Å². The highest BCUT2D eigenvalue weighted by molar-refractivity contribution is 7.55. The summed E-state index contributed by atoms with van der Waals surface area (Å²) in [4.78, 5) is 2.60. The number of hydrogen-bond donors (Lipinski definition) is 1. The molecule has 1 fully saturated rings. The Morgan fingerprint density at radius 3 is 2.20 bits per heavy atom. The molecule has 1 heterocycles. The smallest absolute Gasteiger partial charge is 0.126 e. The van der Waals surface area contributed by atoms with Crippen LogP contribution in [0.4, 0.5) is 0 Å². The monoisotopic (exact) mass is 483 g/mol. The second-order valence-electron chi connectivity index (χ2n) is 10.3. The van der Waals surface area contributed by atoms with Crippen LogP contribution >= 0.6 is 8.58 Å². The largest absolute Gasteiger partial charge is 0.507 e. The second-order valence-corrected chi connectivity index (χ2v) is 11.6. The molecule has 2 nitrogen and oxygen atoms in total. The first kappa shape index (κ1) is 24.3. The lowest BCUT2D eigenvalue weighted by Gasteiger charge is -2.27. The summed E-state index contributed by atoms with van der Waals surface area (Å²) in [5, 5.41) is 13.9. The van der Waals surface area contributed by atoms with Crippen LogP contribution < -0.4 is 10.6 Å². The summed E-state index contributed by atoms with van der Waals surface area (Å²) in [6, 6.07) is 13.5. The second kappa shape index (κ2) is 12.0. The fourth-order valence-electron chi connectivity index (χ4n) is 5.56. The van der Waals surface area contributed by atoms with Gasteiger partial charge in [-0.25, -0.2) is 0 Å². The molecule has 3 atom stereocenters. The summed E-state index contributed by atoms with van der Waals surface area (Å²) < 4.78 is 0. The lowest BCUT2D eigenvalue weighted by atomic mass is 9.89. The van der Waals surface area contributed by atoms with E-state index >= 15 is 0 Å². The average molecular weight is 484 g/mol. The van der Waals surface area contributed by atoms with Crippen LogP contribution in [-0.4, -0.2) is 23.1 Å². The molecule has 1 aliphatic heterocycles. The summed E-state index contributed by atoms with van der Waals surface area (Å²) in [7, 11) is 0.472. The van der Waals surface area contributed by atoms with Crippen LogP contribution in [0, 0.1) is 11.8 Å². The minimum absolute atomic E-state index is 0.459. The number of hydrogen-bond acceptors (Lipinski definition) is 2. The molecule has 3 unspecified atom stereocenters. The predicted octanol–water partition coefficient (Wildman–Crippen LogP) is 6.36. The van der Waals surface area contributed by atoms with Crippen LogP contribution in [0.2, 0.25) is 0 Å². The third kappa shape index (κ3) is 6.63. The van der Waals surface area contributed by atoms with Crippen LogP contribution in [-0.2, 0) is 19.4 Å². The third-order valence-electron chi connectivity index (χ3n) is 7.50. The van der Waals surface area contributed by atoms with Gasteiger partial charge in [-0.3, -0.25) is 4.90 Å². The molecule has 5 rings (SSSR count). The Hall–Kier alpha value is -2.41. The van der Waals surface area contributed by atoms with Gasteiger partial charge in [0.1, 0.15) is 5.75 Å². The van der Waals surface area contributed by atoms with Crippen molar-refractivity contribution >= 4 is 19.2 Å². The molecule has 2 aromatic rings. The molecule has 3 heteroatoms. The zero-order valence-electron chi connectivity index (χ0n) is 20.7. The zero-order valence-corrected chi connectivity index (χ0v) is 21.7. The Morgan fingerprint density at radius 2 is 1.49 bits per heavy atom. The van der Waals surface area contributed by atoms with Crippen molar-refractivity contribution in [3.8, 4) is 5.75 Å². The van der Waals surface area contributed by atoms with E-state index < -0.39 is 0 Å². The van der Waals surface area contributed by atoms with Gasteiger partial charge in [-0.15, -0.1) is 0 Å². The van der Waals surface area contributed by atoms with E-state index in [1.165, 1.54) is 48.8 Å². The van der Waals surface area contributed by atoms with E-state index in [-0.39, 0.29) is 0 Å². The highest BCUT2D eigenvalue weighted by atomic mass is 31.1. The van der Waals surface area contributed by atoms with E-state index in [1.54, 1.807) is 0 Å². The Labute approximate surface area is 212 Å². The molecule has 35 heavy (non-hydrogen) atoms. The van der Waals surface area contributed by atoms with E-state index in [2.05, 4.69) is 89.9 Å². The number of phenolic OH excluding ortho intramolecular Hbond substituents is 1. The fraction of sp³-hybridized carbons (Fsp3) is 0.375. The SMILES string of the molecule is Oc1c(CC2C=CC=CC2)cc(CC2C=CC=CC2)cc1Pc1ccccc1CN1CCCCC1. The molecule has 0 bridgehead atoms. The molecular formula is C32H38NOP. The third-order valence-corrected chi connectivity index (χ3v) is 8.90. The molecule has 0 radical (unpaired) electrons. The lowest BCUT2D eigenvalue weighted by molar-refractivity contribution is 0.221. The first-order chi connectivity index (χ1) is 17.2. The molecule has 0 saturated carbocycles. The van der Waals surface area contributed by atoms with Crippen molar-refractivity contribution in [3.63, 3.8) is 0 Å². The maximum atomic E-state index is 11.5. The summed E-state index contributed by atoms with van der Waals surface area (Å²) in [5.74, 6) is 1.51. The first-order valence-electron chi connectivity index (χ1n) is 13.3. The molecule has 2 aliphatic carbocycles. The Bertz CT molecular complexity index is 1120. The predicted molar refractivity (Wildman–Crippen MR) is 151 cm³/mol. The van der Waals surface area contributed by atoms with E-state index in [0.29, 0.717) is 26.2 Å². The quantitative estimate of drug-likeness (QED) is 0.442. The molecule has 2 aromatic carbocycles. The van der Waals surface area contributed by atoms with Crippen LogP contribution in [0.3, 0.4) is 0 Å². The lowest BCUT2D eigenvalue weighted by Crippen LogP contribution is -2.30. The molecule has 1 N–H and O–H groups in total. The average Bonchev–Trinajstić information content (AvgIpc) is 2.90. The van der Waals surface area contributed by atoms with Crippen LogP contribution in [0.25, 0.3) is 0 Å². The number of piperidine rings is 1. The van der Waals surface area contributed by atoms with Crippen molar-refractivity contribution in [3.05, 3.63) is 102 Å². The number of allylic oxidation sites excluding steroid dienone is 8. The summed E-state index contributed by atoms with van der Waals surface area (Å²) in [6.07, 6.45) is 25.8. The van der Waals surface area contributed by atoms with Gasteiger partial charge in [-0.05, 0) is 91.5 Å². The summed E-state index contributed by atoms with van der Waals surface area (Å²) in [5.41, 5.74) is 3.88. The summed E-state index contributed by atoms with van der Waals surface area (Å²) in [6.45, 7) is 3.43. The maximum Gasteiger partial charge on any atom is 0.126 e. The number of rotatable bonds is 8. The van der Waals surface area contributed by atoms with Gasteiger partial charge in [0.25, 0.3) is 0 Å². The molecule has 0 aromatic heterocycles. The molecule has 3 aliphatic rings. The highest BCUT2D eigenvalue weighted by Crippen LogP contribution is 2.31. The van der Waals surface area contributed by atoms with E-state index in [0.717, 1.165) is 43.1 Å². The molecule has 0 spiro atoms. The van der Waals surface area contributed by atoms with Gasteiger partial charge in [0.05, 0.1) is 0 Å². The number of phenols is 1. The van der Waals surface area contributed by atoms with Crippen molar-refractivity contribution in [2.24, 2.45) is 11.8 Å². The van der Waals surface area contributed by atoms with Gasteiger partial charge in [-0.2, -0.15) is 0 Å². The van der Waals surface area contributed by atoms with Crippen LogP contribution in [0.5, 0.6) is 5.75 Å². The topological polar surface area (TPSA) is 23.5 Å². The first-order valence-corrected chi connectivity index (χ1v) is 14.3. The van der Waals surface area contributed by atoms with E-state index in [9.17, 15) is 5.11 Å². The number of likely N-dealkylation sites (tertiary alicyclic amines) is 1. The zero-order chi connectivity index (χ0) is 23.9. The fourth-order valence-corrected chi connectivity index (χ4v) is 6.89. The van der Waals surface area contributed by atoms with Crippen molar-refractivity contribution < 1.29 is 5.11 Å². The van der Waals surface area contributed by atoms with Crippen LogP contribution in [0.1, 0.15) is 48.8 Å². The van der Waals surface area contributed by atoms with Crippen molar-refractivity contribution in [2.75, 3.05) is 13.1 Å². The minimum atomic E-state index is 0.459. The summed E-state index contributed by atoms with van der Waals surface area (Å²) >= 11 is 0. The number of nitrogens with zero attached hydrogens (tertiary/aromatic N) is 1. The van der Waals surface area contributed by atoms with Crippen molar-refractivity contribution in [1.82, 2.24) is 4.90 Å². The van der Waals surface area contributed by atoms with E-state index in [1.807, 2.05) is 0 Å². The number of aromatic hydroxyl groups is 1. The highest BCUT2D eigenvalue weighted by Gasteiger charge is 2.18. The van der Waals surface area contributed by atoms with Gasteiger partial charge >= 0.3 is 0 Å². The Kier molecular flexibility index (Phi) is 8.34. The Morgan fingerprint density at radius 1 is 0.771 bits per heavy atom. The van der Waals surface area contributed by atoms with Gasteiger partial charge in [0.2, 0.25) is 0 Å². The maximum absolute atomic E-state index is 11.5. The van der Waals surface area contributed by atoms with Gasteiger partial charge in [-0.1, -0.05) is 93.9 Å². The minimum Gasteiger partial charge on any atom is -0.507 e. The van der Waals surface area contributed by atoms with Crippen LogP contribution in [0.15, 0.2) is 85.0 Å². The standard InChI is InChI=1S/C32H38NOP/c34-32-29(21-26-14-6-2-7-15-26)22-27(20-25-12-4-1-5-13-25)23-31(32)35-30-17-9-8-16-28(30)24-33-18-10-3-11-19-33/h1-2,4-9,12,14,16-17,22-23,25-26,34-35H,3,10-11,13,15,18-21,24H2. The van der Waals surface area contributed by atoms with Gasteiger partial charge in [0, 0.05) is 11.8 Å². The normalized spacial score (nSPS) is 22.4. The molecule has 182 valence electrons. The Balaban J connectivity index is 1.42. The van der Waals surface area contributed by atoms with Crippen molar-refractivity contribution in [1.29, 1.82) is 0 Å². The molecular weight excluding hydrogens is 445 g/mol. The van der Waals surface area contributed by atoms with Gasteiger partial charge < -0.3 is 5.11 Å². The van der Waals surface area contributed by atoms with E-state index in [4.69, 9.17) is 0 Å². The number of benzene rings is 2. The molecule has 0 amide bonds. The van der Waals surface area contributed by atoms with Crippen molar-refractivity contribution in [2.45, 2.75) is 51.5 Å².